The Labute approximate surface area is 207 Å². The molecule has 6 aliphatic rings. The lowest BCUT2D eigenvalue weighted by atomic mass is 9.44. The molecule has 0 aromatic heterocycles. The molecule has 0 amide bonds. The highest BCUT2D eigenvalue weighted by atomic mass is 16.7. The molecule has 4 saturated carbocycles. The van der Waals surface area contributed by atoms with Gasteiger partial charge in [-0.1, -0.05) is 27.7 Å². The van der Waals surface area contributed by atoms with Crippen molar-refractivity contribution in [2.75, 3.05) is 19.8 Å². The van der Waals surface area contributed by atoms with Gasteiger partial charge in [0.25, 0.3) is 0 Å². The zero-order valence-electron chi connectivity index (χ0n) is 22.2. The SMILES string of the molecule is C[C@H]1CC[C@@]2(OC1)O[C@H]1C[C@H]3[C@@H]4CC[C@@H]5C[C@@H](O)CC[C@]5(C)[C@H]4CC[C@]3(C)[C@H]1[C@@H]2C.NCCO. The summed E-state index contributed by atoms with van der Waals surface area (Å²) in [4.78, 5) is 0. The number of aliphatic hydroxyl groups excluding tert-OH is 2. The Bertz CT molecular complexity index is 721. The van der Waals surface area contributed by atoms with E-state index in [-0.39, 0.29) is 18.5 Å². The van der Waals surface area contributed by atoms with Crippen LogP contribution in [0.4, 0.5) is 0 Å². The predicted molar refractivity (Wildman–Crippen MR) is 134 cm³/mol. The second kappa shape index (κ2) is 9.28. The second-order valence-corrected chi connectivity index (χ2v) is 13.6. The third-order valence-electron chi connectivity index (χ3n) is 12.0. The third kappa shape index (κ3) is 3.83. The first kappa shape index (κ1) is 25.4. The van der Waals surface area contributed by atoms with Crippen LogP contribution in [0.3, 0.4) is 0 Å². The molecule has 5 heteroatoms. The third-order valence-corrected chi connectivity index (χ3v) is 12.0. The molecule has 1 spiro atoms. The summed E-state index contributed by atoms with van der Waals surface area (Å²) in [6.07, 6.45) is 12.9. The van der Waals surface area contributed by atoms with Crippen molar-refractivity contribution in [1.29, 1.82) is 0 Å². The van der Waals surface area contributed by atoms with Crippen LogP contribution in [-0.2, 0) is 9.47 Å². The highest BCUT2D eigenvalue weighted by Gasteiger charge is 2.69. The highest BCUT2D eigenvalue weighted by molar-refractivity contribution is 5.15. The molecule has 196 valence electrons. The van der Waals surface area contributed by atoms with Crippen LogP contribution in [0.5, 0.6) is 0 Å². The summed E-state index contributed by atoms with van der Waals surface area (Å²) in [5.41, 5.74) is 5.68. The van der Waals surface area contributed by atoms with E-state index in [2.05, 4.69) is 27.7 Å². The van der Waals surface area contributed by atoms with Crippen LogP contribution < -0.4 is 5.73 Å². The van der Waals surface area contributed by atoms with Crippen molar-refractivity contribution in [2.24, 2.45) is 58.0 Å². The van der Waals surface area contributed by atoms with E-state index in [1.165, 1.54) is 44.9 Å². The summed E-state index contributed by atoms with van der Waals surface area (Å²) in [5.74, 6) is 4.93. The Morgan fingerprint density at radius 3 is 2.32 bits per heavy atom. The van der Waals surface area contributed by atoms with Crippen molar-refractivity contribution < 1.29 is 19.7 Å². The number of fused-ring (bicyclic) bond motifs is 7. The molecule has 0 unspecified atom stereocenters. The van der Waals surface area contributed by atoms with E-state index in [1.54, 1.807) is 0 Å². The van der Waals surface area contributed by atoms with E-state index in [0.717, 1.165) is 49.5 Å². The summed E-state index contributed by atoms with van der Waals surface area (Å²) in [6.45, 7) is 11.4. The Balaban J connectivity index is 0.000000560. The van der Waals surface area contributed by atoms with Gasteiger partial charge in [-0.25, -0.2) is 0 Å². The van der Waals surface area contributed by atoms with Crippen LogP contribution in [0, 0.1) is 52.3 Å². The minimum atomic E-state index is -0.282. The number of ether oxygens (including phenoxy) is 2. The number of hydrogen-bond donors (Lipinski definition) is 3. The Morgan fingerprint density at radius 1 is 0.912 bits per heavy atom. The Morgan fingerprint density at radius 2 is 1.65 bits per heavy atom. The number of nitrogens with two attached hydrogens (primary N) is 1. The van der Waals surface area contributed by atoms with Crippen LogP contribution in [0.2, 0.25) is 0 Å². The van der Waals surface area contributed by atoms with Gasteiger partial charge in [-0.3, -0.25) is 0 Å². The van der Waals surface area contributed by atoms with Gasteiger partial charge in [-0.15, -0.1) is 0 Å². The molecule has 6 rings (SSSR count). The minimum Gasteiger partial charge on any atom is -0.395 e. The zero-order valence-corrected chi connectivity index (χ0v) is 22.2. The molecule has 0 radical (unpaired) electrons. The van der Waals surface area contributed by atoms with Gasteiger partial charge in [0.05, 0.1) is 25.4 Å². The quantitative estimate of drug-likeness (QED) is 0.508. The Hall–Kier alpha value is -0.200. The fraction of sp³-hybridized carbons (Fsp3) is 1.00. The average Bonchev–Trinajstić information content (AvgIpc) is 3.27. The lowest BCUT2D eigenvalue weighted by Crippen LogP contribution is -2.55. The molecule has 5 nitrogen and oxygen atoms in total. The largest absolute Gasteiger partial charge is 0.395 e. The molecule has 12 atom stereocenters. The number of rotatable bonds is 1. The van der Waals surface area contributed by atoms with Crippen LogP contribution in [0.15, 0.2) is 0 Å². The maximum Gasteiger partial charge on any atom is 0.171 e. The first-order valence-electron chi connectivity index (χ1n) is 14.5. The van der Waals surface area contributed by atoms with Gasteiger partial charge >= 0.3 is 0 Å². The molecule has 0 aromatic rings. The van der Waals surface area contributed by atoms with Gasteiger partial charge in [-0.05, 0) is 104 Å². The molecule has 4 aliphatic carbocycles. The molecule has 4 N–H and O–H groups in total. The molecule has 0 bridgehead atoms. The average molecular weight is 478 g/mol. The zero-order chi connectivity index (χ0) is 24.3. The van der Waals surface area contributed by atoms with Gasteiger partial charge < -0.3 is 25.4 Å². The maximum atomic E-state index is 10.3. The maximum absolute atomic E-state index is 10.3. The van der Waals surface area contributed by atoms with E-state index in [0.29, 0.717) is 41.2 Å². The molecular weight excluding hydrogens is 426 g/mol. The first-order valence-corrected chi connectivity index (χ1v) is 14.5. The standard InChI is InChI=1S/C27H44O3.C2H7NO/c1-16-7-12-27(29-15-16)17(2)24-23(30-27)14-22-20-6-5-18-13-19(28)8-10-25(18,3)21(20)9-11-26(22,24)4;3-1-2-4/h16-24,28H,5-15H2,1-4H3;4H,1-3H2/t16-,17-,18+,19-,20+,21-,22-,23-,24-,25-,26-,27+;/m0./s1. The van der Waals surface area contributed by atoms with Crippen LogP contribution in [0.25, 0.3) is 0 Å². The monoisotopic (exact) mass is 477 g/mol. The van der Waals surface area contributed by atoms with Crippen molar-refractivity contribution in [3.05, 3.63) is 0 Å². The highest BCUT2D eigenvalue weighted by Crippen LogP contribution is 2.71. The van der Waals surface area contributed by atoms with E-state index in [9.17, 15) is 5.11 Å². The summed E-state index contributed by atoms with van der Waals surface area (Å²) < 4.78 is 13.4. The summed E-state index contributed by atoms with van der Waals surface area (Å²) in [6, 6.07) is 0. The molecular formula is C29H51NO4. The normalized spacial score (nSPS) is 56.0. The molecule has 34 heavy (non-hydrogen) atoms. The number of hydrogen-bond acceptors (Lipinski definition) is 5. The van der Waals surface area contributed by atoms with E-state index < -0.39 is 0 Å². The summed E-state index contributed by atoms with van der Waals surface area (Å²) >= 11 is 0. The topological polar surface area (TPSA) is 84.9 Å². The Kier molecular flexibility index (Phi) is 6.94. The molecule has 0 aromatic carbocycles. The minimum absolute atomic E-state index is 0.0389. The van der Waals surface area contributed by atoms with Crippen molar-refractivity contribution in [3.63, 3.8) is 0 Å². The van der Waals surface area contributed by atoms with Crippen molar-refractivity contribution >= 4 is 0 Å². The fourth-order valence-electron chi connectivity index (χ4n) is 10.3. The number of aliphatic hydroxyl groups is 2. The molecule has 2 saturated heterocycles. The smallest absolute Gasteiger partial charge is 0.171 e. The van der Waals surface area contributed by atoms with Crippen molar-refractivity contribution in [2.45, 2.75) is 110 Å². The van der Waals surface area contributed by atoms with Crippen molar-refractivity contribution in [1.82, 2.24) is 0 Å². The lowest BCUT2D eigenvalue weighted by molar-refractivity contribution is -0.273. The first-order chi connectivity index (χ1) is 16.2. The van der Waals surface area contributed by atoms with E-state index in [4.69, 9.17) is 20.3 Å². The van der Waals surface area contributed by atoms with Gasteiger partial charge in [0.15, 0.2) is 5.79 Å². The second-order valence-electron chi connectivity index (χ2n) is 13.6. The molecule has 2 aliphatic heterocycles. The molecule has 2 heterocycles. The van der Waals surface area contributed by atoms with Gasteiger partial charge in [-0.2, -0.15) is 0 Å². The van der Waals surface area contributed by atoms with Gasteiger partial charge in [0, 0.05) is 18.9 Å². The summed E-state index contributed by atoms with van der Waals surface area (Å²) in [7, 11) is 0. The summed E-state index contributed by atoms with van der Waals surface area (Å²) in [5, 5.41) is 18.0. The van der Waals surface area contributed by atoms with Crippen molar-refractivity contribution in [3.8, 4) is 0 Å². The van der Waals surface area contributed by atoms with Crippen LogP contribution >= 0.6 is 0 Å². The van der Waals surface area contributed by atoms with Crippen LogP contribution in [0.1, 0.15) is 91.9 Å². The van der Waals surface area contributed by atoms with E-state index >= 15 is 0 Å². The van der Waals surface area contributed by atoms with Crippen LogP contribution in [-0.4, -0.2) is 48.0 Å². The van der Waals surface area contributed by atoms with E-state index in [1.807, 2.05) is 0 Å². The predicted octanol–water partition coefficient (Wildman–Crippen LogP) is 4.73. The lowest BCUT2D eigenvalue weighted by Gasteiger charge is -2.61. The molecule has 6 fully saturated rings. The van der Waals surface area contributed by atoms with Gasteiger partial charge in [0.2, 0.25) is 0 Å². The fourth-order valence-corrected chi connectivity index (χ4v) is 10.3. The van der Waals surface area contributed by atoms with Gasteiger partial charge in [0.1, 0.15) is 0 Å².